The molecule has 1 saturated heterocycles. The zero-order chi connectivity index (χ0) is 21.5. The monoisotopic (exact) mass is 413 g/mol. The van der Waals surface area contributed by atoms with Gasteiger partial charge in [-0.3, -0.25) is 4.99 Å². The van der Waals surface area contributed by atoms with E-state index >= 15 is 0 Å². The van der Waals surface area contributed by atoms with Gasteiger partial charge in [0, 0.05) is 35.3 Å². The number of anilines is 1. The van der Waals surface area contributed by atoms with Crippen molar-refractivity contribution in [1.29, 1.82) is 0 Å². The number of hydrogen-bond acceptors (Lipinski definition) is 7. The maximum absolute atomic E-state index is 13.7. The number of hydrogen-bond donors (Lipinski definition) is 3. The molecular formula is C22H28FN5O2. The Labute approximate surface area is 176 Å². The van der Waals surface area contributed by atoms with E-state index < -0.39 is 6.10 Å². The van der Waals surface area contributed by atoms with Crippen LogP contribution in [0.4, 0.5) is 10.2 Å². The number of ether oxygens (including phenoxy) is 2. The highest BCUT2D eigenvalue weighted by molar-refractivity contribution is 6.09. The summed E-state index contributed by atoms with van der Waals surface area (Å²) >= 11 is 0. The lowest BCUT2D eigenvalue weighted by atomic mass is 10.1. The number of benzene rings is 1. The summed E-state index contributed by atoms with van der Waals surface area (Å²) in [5.41, 5.74) is 13.9. The molecule has 1 aromatic heterocycles. The molecule has 0 spiro atoms. The Kier molecular flexibility index (Phi) is 7.24. The number of allylic oxidation sites excluding steroid dienone is 1. The normalized spacial score (nSPS) is 16.6. The van der Waals surface area contributed by atoms with Gasteiger partial charge < -0.3 is 26.3 Å². The maximum Gasteiger partial charge on any atom is 0.166 e. The molecule has 1 fully saturated rings. The molecule has 160 valence electrons. The van der Waals surface area contributed by atoms with Crippen LogP contribution in [0.15, 0.2) is 41.7 Å². The molecule has 0 saturated carbocycles. The van der Waals surface area contributed by atoms with Crippen molar-refractivity contribution in [3.63, 3.8) is 0 Å². The van der Waals surface area contributed by atoms with Crippen LogP contribution in [0.3, 0.4) is 0 Å². The molecule has 1 aliphatic heterocycles. The summed E-state index contributed by atoms with van der Waals surface area (Å²) in [7, 11) is 1.53. The zero-order valence-electron chi connectivity index (χ0n) is 17.3. The van der Waals surface area contributed by atoms with Gasteiger partial charge in [0.05, 0.1) is 13.2 Å². The van der Waals surface area contributed by atoms with Crippen molar-refractivity contribution >= 4 is 17.6 Å². The van der Waals surface area contributed by atoms with Gasteiger partial charge in [-0.25, -0.2) is 9.37 Å². The third-order valence-corrected chi connectivity index (χ3v) is 5.06. The van der Waals surface area contributed by atoms with Crippen molar-refractivity contribution in [2.24, 2.45) is 10.7 Å². The molecular weight excluding hydrogens is 385 g/mol. The van der Waals surface area contributed by atoms with Gasteiger partial charge in [-0.1, -0.05) is 0 Å². The van der Waals surface area contributed by atoms with E-state index in [1.165, 1.54) is 25.4 Å². The second-order valence-electron chi connectivity index (χ2n) is 7.14. The van der Waals surface area contributed by atoms with Crippen molar-refractivity contribution in [1.82, 2.24) is 10.3 Å². The number of pyridine rings is 1. The smallest absolute Gasteiger partial charge is 0.166 e. The molecule has 1 aromatic carbocycles. The van der Waals surface area contributed by atoms with E-state index in [1.807, 2.05) is 0 Å². The van der Waals surface area contributed by atoms with Crippen LogP contribution in [0.25, 0.3) is 5.57 Å². The van der Waals surface area contributed by atoms with Gasteiger partial charge >= 0.3 is 0 Å². The van der Waals surface area contributed by atoms with Crippen LogP contribution in [-0.2, 0) is 0 Å². The van der Waals surface area contributed by atoms with E-state index in [9.17, 15) is 4.39 Å². The largest absolute Gasteiger partial charge is 0.496 e. The van der Waals surface area contributed by atoms with Gasteiger partial charge in [0.15, 0.2) is 11.6 Å². The first kappa shape index (κ1) is 21.6. The average molecular weight is 413 g/mol. The van der Waals surface area contributed by atoms with Crippen LogP contribution < -0.4 is 26.3 Å². The van der Waals surface area contributed by atoms with Gasteiger partial charge in [0.2, 0.25) is 0 Å². The second kappa shape index (κ2) is 10.1. The third kappa shape index (κ3) is 5.27. The summed E-state index contributed by atoms with van der Waals surface area (Å²) in [5, 5.41) is 3.32. The van der Waals surface area contributed by atoms with Gasteiger partial charge in [0.1, 0.15) is 17.7 Å². The first-order chi connectivity index (χ1) is 14.5. The molecule has 1 unspecified atom stereocenters. The number of methoxy groups -OCH3 is 1. The number of rotatable bonds is 7. The molecule has 1 atom stereocenters. The lowest BCUT2D eigenvalue weighted by Crippen LogP contribution is -2.29. The molecule has 1 aliphatic rings. The predicted octanol–water partition coefficient (Wildman–Crippen LogP) is 3.07. The summed E-state index contributed by atoms with van der Waals surface area (Å²) < 4.78 is 25.0. The maximum atomic E-state index is 13.7. The minimum Gasteiger partial charge on any atom is -0.496 e. The Morgan fingerprint density at radius 2 is 2.07 bits per heavy atom. The summed E-state index contributed by atoms with van der Waals surface area (Å²) in [6.07, 6.45) is 6.37. The van der Waals surface area contributed by atoms with Crippen molar-refractivity contribution in [2.75, 3.05) is 25.9 Å². The minimum absolute atomic E-state index is 0.229. The van der Waals surface area contributed by atoms with Gasteiger partial charge in [0.25, 0.3) is 0 Å². The minimum atomic E-state index is -0.510. The highest BCUT2D eigenvalue weighted by Gasteiger charge is 2.17. The molecule has 0 bridgehead atoms. The lowest BCUT2D eigenvalue weighted by molar-refractivity contribution is 0.221. The topological polar surface area (TPSA) is 108 Å². The van der Waals surface area contributed by atoms with E-state index in [0.717, 1.165) is 37.1 Å². The third-order valence-electron chi connectivity index (χ3n) is 5.06. The number of halogens is 1. The molecule has 8 heteroatoms. The number of aromatic nitrogens is 1. The number of nitrogen functional groups attached to an aromatic ring is 1. The summed E-state index contributed by atoms with van der Waals surface area (Å²) in [5.74, 6) is 0.764. The average Bonchev–Trinajstić information content (AvgIpc) is 2.76. The van der Waals surface area contributed by atoms with Crippen molar-refractivity contribution < 1.29 is 13.9 Å². The number of nitrogens with zero attached hydrogens (tertiary/aromatic N) is 2. The predicted molar refractivity (Wildman–Crippen MR) is 117 cm³/mol. The van der Waals surface area contributed by atoms with Crippen LogP contribution in [0.5, 0.6) is 11.5 Å². The van der Waals surface area contributed by atoms with Crippen LogP contribution in [0, 0.1) is 5.82 Å². The molecule has 5 N–H and O–H groups in total. The highest BCUT2D eigenvalue weighted by Crippen LogP contribution is 2.32. The number of nitrogens with one attached hydrogen (secondary N) is 1. The molecule has 2 aromatic rings. The molecule has 30 heavy (non-hydrogen) atoms. The number of aliphatic imine (C=N–C) groups is 1. The molecule has 2 heterocycles. The zero-order valence-corrected chi connectivity index (χ0v) is 17.3. The fourth-order valence-corrected chi connectivity index (χ4v) is 3.34. The Morgan fingerprint density at radius 3 is 2.77 bits per heavy atom. The standard InChI is InChI=1S/C22H28FN5O2/c1-14(19-10-17(23)3-4-20(19)29-2)30-21-9-15(12-28-22(21)25)16(11-24)13-27-18-5-7-26-8-6-18/h3-4,9-14,18,26H,5-8,24H2,1-2H3,(H2,25,28). The SMILES string of the molecule is COc1ccc(F)cc1C(C)Oc1cc(C(C=NC2CCNCC2)=CN)cnc1N. The molecule has 0 radical (unpaired) electrons. The summed E-state index contributed by atoms with van der Waals surface area (Å²) in [4.78, 5) is 8.88. The first-order valence-corrected chi connectivity index (χ1v) is 9.93. The summed E-state index contributed by atoms with van der Waals surface area (Å²) in [6, 6.07) is 6.32. The molecule has 0 amide bonds. The first-order valence-electron chi connectivity index (χ1n) is 9.93. The van der Waals surface area contributed by atoms with Gasteiger partial charge in [-0.05, 0) is 57.1 Å². The van der Waals surface area contributed by atoms with E-state index in [2.05, 4.69) is 15.3 Å². The highest BCUT2D eigenvalue weighted by atomic mass is 19.1. The second-order valence-corrected chi connectivity index (χ2v) is 7.14. The van der Waals surface area contributed by atoms with Crippen molar-refractivity contribution in [3.05, 3.63) is 53.6 Å². The van der Waals surface area contributed by atoms with E-state index in [1.54, 1.807) is 31.5 Å². The molecule has 0 aliphatic carbocycles. The Morgan fingerprint density at radius 1 is 1.30 bits per heavy atom. The number of piperidine rings is 1. The van der Waals surface area contributed by atoms with Gasteiger partial charge in [-0.15, -0.1) is 0 Å². The van der Waals surface area contributed by atoms with Gasteiger partial charge in [-0.2, -0.15) is 0 Å². The van der Waals surface area contributed by atoms with Crippen LogP contribution in [0.1, 0.15) is 37.0 Å². The number of nitrogens with two attached hydrogens (primary N) is 2. The quantitative estimate of drug-likeness (QED) is 0.602. The Bertz CT molecular complexity index is 926. The van der Waals surface area contributed by atoms with Crippen LogP contribution in [-0.4, -0.2) is 37.4 Å². The van der Waals surface area contributed by atoms with Crippen LogP contribution >= 0.6 is 0 Å². The fourth-order valence-electron chi connectivity index (χ4n) is 3.34. The van der Waals surface area contributed by atoms with E-state index in [-0.39, 0.29) is 17.7 Å². The van der Waals surface area contributed by atoms with E-state index in [0.29, 0.717) is 17.1 Å². The summed E-state index contributed by atoms with van der Waals surface area (Å²) in [6.45, 7) is 3.72. The van der Waals surface area contributed by atoms with Crippen LogP contribution in [0.2, 0.25) is 0 Å². The Balaban J connectivity index is 1.80. The fraction of sp³-hybridized carbons (Fsp3) is 0.364. The Hall–Kier alpha value is -3.13. The molecule has 3 rings (SSSR count). The van der Waals surface area contributed by atoms with E-state index in [4.69, 9.17) is 20.9 Å². The molecule has 7 nitrogen and oxygen atoms in total. The lowest BCUT2D eigenvalue weighted by Gasteiger charge is -2.19. The van der Waals surface area contributed by atoms with Crippen molar-refractivity contribution in [2.45, 2.75) is 31.9 Å². The van der Waals surface area contributed by atoms with Crippen molar-refractivity contribution in [3.8, 4) is 11.5 Å².